The van der Waals surface area contributed by atoms with E-state index in [2.05, 4.69) is 10.3 Å². The number of benzene rings is 1. The zero-order valence-electron chi connectivity index (χ0n) is 14.1. The standard InChI is InChI=1S/C16H24N4O2.2ClH/c1-20(2)16-19-13-11-12(8-9-14(13)22-16)18-15(21)7-5-3-4-6-10-17;;/h8-9,11H,3-7,10,17H2,1-2H3,(H,18,21);2*1H. The molecule has 0 unspecified atom stereocenters. The molecule has 0 atom stereocenters. The second-order valence-electron chi connectivity index (χ2n) is 5.57. The van der Waals surface area contributed by atoms with Crippen LogP contribution in [0.1, 0.15) is 32.1 Å². The van der Waals surface area contributed by atoms with Gasteiger partial charge in [-0.15, -0.1) is 24.8 Å². The van der Waals surface area contributed by atoms with Crippen LogP contribution >= 0.6 is 24.8 Å². The number of rotatable bonds is 8. The largest absolute Gasteiger partial charge is 0.423 e. The van der Waals surface area contributed by atoms with E-state index in [4.69, 9.17) is 10.2 Å². The van der Waals surface area contributed by atoms with Crippen molar-refractivity contribution in [2.45, 2.75) is 32.1 Å². The lowest BCUT2D eigenvalue weighted by atomic mass is 10.1. The Balaban J connectivity index is 0.00000264. The molecular formula is C16H26Cl2N4O2. The van der Waals surface area contributed by atoms with Crippen LogP contribution in [0.5, 0.6) is 0 Å². The predicted molar refractivity (Wildman–Crippen MR) is 104 cm³/mol. The third kappa shape index (κ3) is 6.55. The molecular weight excluding hydrogens is 351 g/mol. The zero-order chi connectivity index (χ0) is 15.9. The highest BCUT2D eigenvalue weighted by Crippen LogP contribution is 2.23. The summed E-state index contributed by atoms with van der Waals surface area (Å²) >= 11 is 0. The molecule has 2 aromatic rings. The number of aromatic nitrogens is 1. The summed E-state index contributed by atoms with van der Waals surface area (Å²) in [6.45, 7) is 0.721. The SMILES string of the molecule is CN(C)c1nc2cc(NC(=O)CCCCCCN)ccc2o1.Cl.Cl. The first kappa shape index (κ1) is 22.5. The summed E-state index contributed by atoms with van der Waals surface area (Å²) in [6.07, 6.45) is 4.58. The number of carbonyl (C=O) groups is 1. The first-order valence-corrected chi connectivity index (χ1v) is 7.68. The lowest BCUT2D eigenvalue weighted by Crippen LogP contribution is -2.11. The monoisotopic (exact) mass is 376 g/mol. The number of nitrogens with two attached hydrogens (primary N) is 1. The fourth-order valence-electron chi connectivity index (χ4n) is 2.19. The fourth-order valence-corrected chi connectivity index (χ4v) is 2.19. The van der Waals surface area contributed by atoms with E-state index >= 15 is 0 Å². The van der Waals surface area contributed by atoms with E-state index in [0.29, 0.717) is 18.0 Å². The van der Waals surface area contributed by atoms with Gasteiger partial charge in [0.2, 0.25) is 5.91 Å². The number of fused-ring (bicyclic) bond motifs is 1. The maximum Gasteiger partial charge on any atom is 0.297 e. The van der Waals surface area contributed by atoms with Crippen molar-refractivity contribution in [2.75, 3.05) is 30.9 Å². The Morgan fingerprint density at radius 1 is 1.21 bits per heavy atom. The topological polar surface area (TPSA) is 84.4 Å². The van der Waals surface area contributed by atoms with Crippen molar-refractivity contribution in [2.24, 2.45) is 5.73 Å². The number of carbonyl (C=O) groups excluding carboxylic acids is 1. The van der Waals surface area contributed by atoms with Gasteiger partial charge in [0.05, 0.1) is 0 Å². The Hall–Kier alpha value is -1.50. The van der Waals surface area contributed by atoms with Gasteiger partial charge in [-0.3, -0.25) is 4.79 Å². The summed E-state index contributed by atoms with van der Waals surface area (Å²) in [5, 5.41) is 2.90. The van der Waals surface area contributed by atoms with Gasteiger partial charge in [-0.05, 0) is 37.6 Å². The number of unbranched alkanes of at least 4 members (excludes halogenated alkanes) is 3. The maximum absolute atomic E-state index is 11.9. The molecule has 1 amide bonds. The van der Waals surface area contributed by atoms with Crippen LogP contribution in [0.15, 0.2) is 22.6 Å². The second kappa shape index (κ2) is 11.1. The quantitative estimate of drug-likeness (QED) is 0.687. The molecule has 0 saturated carbocycles. The van der Waals surface area contributed by atoms with Crippen LogP contribution < -0.4 is 16.0 Å². The molecule has 136 valence electrons. The third-order valence-corrected chi connectivity index (χ3v) is 3.40. The third-order valence-electron chi connectivity index (χ3n) is 3.40. The molecule has 6 nitrogen and oxygen atoms in total. The Kier molecular flexibility index (Phi) is 10.4. The lowest BCUT2D eigenvalue weighted by molar-refractivity contribution is -0.116. The smallest absolute Gasteiger partial charge is 0.297 e. The van der Waals surface area contributed by atoms with Crippen molar-refractivity contribution in [1.82, 2.24) is 4.98 Å². The Bertz CT molecular complexity index is 632. The normalized spacial score (nSPS) is 9.96. The molecule has 0 fully saturated rings. The Morgan fingerprint density at radius 2 is 1.92 bits per heavy atom. The molecule has 1 aromatic heterocycles. The van der Waals surface area contributed by atoms with Crippen molar-refractivity contribution in [3.05, 3.63) is 18.2 Å². The van der Waals surface area contributed by atoms with Crippen molar-refractivity contribution >= 4 is 53.5 Å². The molecule has 0 aliphatic rings. The van der Waals surface area contributed by atoms with Crippen molar-refractivity contribution < 1.29 is 9.21 Å². The molecule has 0 aliphatic carbocycles. The molecule has 1 heterocycles. The maximum atomic E-state index is 11.9. The highest BCUT2D eigenvalue weighted by Gasteiger charge is 2.09. The van der Waals surface area contributed by atoms with Crippen molar-refractivity contribution in [3.8, 4) is 0 Å². The number of nitrogens with one attached hydrogen (secondary N) is 1. The number of oxazole rings is 1. The first-order chi connectivity index (χ1) is 10.6. The number of amides is 1. The number of nitrogens with zero attached hydrogens (tertiary/aromatic N) is 2. The number of anilines is 2. The molecule has 0 aliphatic heterocycles. The summed E-state index contributed by atoms with van der Waals surface area (Å²) in [5.41, 5.74) is 7.64. The molecule has 0 bridgehead atoms. The Morgan fingerprint density at radius 3 is 2.58 bits per heavy atom. The minimum atomic E-state index is 0. The Labute approximate surface area is 155 Å². The highest BCUT2D eigenvalue weighted by molar-refractivity contribution is 5.92. The van der Waals surface area contributed by atoms with E-state index in [0.717, 1.165) is 43.4 Å². The van der Waals surface area contributed by atoms with Crippen LogP contribution in [0.4, 0.5) is 11.7 Å². The highest BCUT2D eigenvalue weighted by atomic mass is 35.5. The van der Waals surface area contributed by atoms with Crippen molar-refractivity contribution in [3.63, 3.8) is 0 Å². The number of hydrogen-bond donors (Lipinski definition) is 2. The van der Waals surface area contributed by atoms with Crippen LogP contribution in [-0.4, -0.2) is 31.5 Å². The summed E-state index contributed by atoms with van der Waals surface area (Å²) in [6, 6.07) is 6.04. The lowest BCUT2D eigenvalue weighted by Gasteiger charge is -2.04. The molecule has 24 heavy (non-hydrogen) atoms. The molecule has 1 aromatic carbocycles. The van der Waals surface area contributed by atoms with Gasteiger partial charge in [-0.1, -0.05) is 12.8 Å². The van der Waals surface area contributed by atoms with Gasteiger partial charge in [-0.25, -0.2) is 0 Å². The number of halogens is 2. The zero-order valence-corrected chi connectivity index (χ0v) is 15.7. The van der Waals surface area contributed by atoms with Gasteiger partial charge in [0, 0.05) is 26.2 Å². The molecule has 3 N–H and O–H groups in total. The van der Waals surface area contributed by atoms with Gasteiger partial charge >= 0.3 is 0 Å². The van der Waals surface area contributed by atoms with Gasteiger partial charge in [0.25, 0.3) is 6.01 Å². The number of hydrogen-bond acceptors (Lipinski definition) is 5. The fraction of sp³-hybridized carbons (Fsp3) is 0.500. The summed E-state index contributed by atoms with van der Waals surface area (Å²) in [5.74, 6) is 0.0310. The summed E-state index contributed by atoms with van der Waals surface area (Å²) in [4.78, 5) is 18.1. The van der Waals surface area contributed by atoms with Gasteiger partial charge < -0.3 is 20.4 Å². The molecule has 8 heteroatoms. The average Bonchev–Trinajstić information content (AvgIpc) is 2.90. The van der Waals surface area contributed by atoms with Gasteiger partial charge in [-0.2, -0.15) is 4.98 Å². The second-order valence-corrected chi connectivity index (χ2v) is 5.57. The minimum Gasteiger partial charge on any atom is -0.423 e. The van der Waals surface area contributed by atoms with E-state index in [-0.39, 0.29) is 30.7 Å². The summed E-state index contributed by atoms with van der Waals surface area (Å²) in [7, 11) is 3.75. The first-order valence-electron chi connectivity index (χ1n) is 7.68. The van der Waals surface area contributed by atoms with Gasteiger partial charge in [0.1, 0.15) is 5.52 Å². The van der Waals surface area contributed by atoms with Crippen LogP contribution in [0.2, 0.25) is 0 Å². The van der Waals surface area contributed by atoms with Crippen LogP contribution in [-0.2, 0) is 4.79 Å². The molecule has 0 radical (unpaired) electrons. The van der Waals surface area contributed by atoms with E-state index in [1.54, 1.807) is 4.90 Å². The molecule has 0 spiro atoms. The van der Waals surface area contributed by atoms with E-state index < -0.39 is 0 Å². The van der Waals surface area contributed by atoms with E-state index in [1.807, 2.05) is 32.3 Å². The predicted octanol–water partition coefficient (Wildman–Crippen LogP) is 3.59. The summed E-state index contributed by atoms with van der Waals surface area (Å²) < 4.78 is 5.58. The average molecular weight is 377 g/mol. The van der Waals surface area contributed by atoms with Crippen LogP contribution in [0, 0.1) is 0 Å². The van der Waals surface area contributed by atoms with Crippen LogP contribution in [0.25, 0.3) is 11.1 Å². The van der Waals surface area contributed by atoms with E-state index in [1.165, 1.54) is 0 Å². The van der Waals surface area contributed by atoms with Crippen LogP contribution in [0.3, 0.4) is 0 Å². The molecule has 2 rings (SSSR count). The van der Waals surface area contributed by atoms with Crippen molar-refractivity contribution in [1.29, 1.82) is 0 Å². The molecule has 0 saturated heterocycles. The van der Waals surface area contributed by atoms with E-state index in [9.17, 15) is 4.79 Å². The minimum absolute atomic E-state index is 0. The van der Waals surface area contributed by atoms with Gasteiger partial charge in [0.15, 0.2) is 5.58 Å².